The maximum atomic E-state index is 12.3. The normalized spacial score (nSPS) is 33.8. The zero-order chi connectivity index (χ0) is 13.0. The van der Waals surface area contributed by atoms with Gasteiger partial charge in [-0.05, 0) is 32.2 Å². The van der Waals surface area contributed by atoms with E-state index >= 15 is 0 Å². The fraction of sp³-hybridized carbons (Fsp3) is 0.929. The first kappa shape index (κ1) is 13.8. The van der Waals surface area contributed by atoms with E-state index in [-0.39, 0.29) is 24.1 Å². The van der Waals surface area contributed by atoms with Gasteiger partial charge in [0.2, 0.25) is 5.91 Å². The van der Waals surface area contributed by atoms with Crippen molar-refractivity contribution in [3.05, 3.63) is 0 Å². The first-order valence-corrected chi connectivity index (χ1v) is 7.46. The van der Waals surface area contributed by atoms with Crippen molar-refractivity contribution in [2.24, 2.45) is 0 Å². The van der Waals surface area contributed by atoms with Crippen molar-refractivity contribution in [3.63, 3.8) is 0 Å². The van der Waals surface area contributed by atoms with Crippen LogP contribution in [0.15, 0.2) is 0 Å². The molecule has 3 atom stereocenters. The van der Waals surface area contributed by atoms with E-state index in [0.717, 1.165) is 51.6 Å². The molecule has 104 valence electrons. The van der Waals surface area contributed by atoms with Gasteiger partial charge < -0.3 is 15.3 Å². The monoisotopic (exact) mass is 254 g/mol. The maximum absolute atomic E-state index is 12.3. The van der Waals surface area contributed by atoms with Crippen LogP contribution in [0, 0.1) is 0 Å². The average molecular weight is 254 g/mol. The number of rotatable bonds is 4. The Morgan fingerprint density at radius 2 is 2.06 bits per heavy atom. The lowest BCUT2D eigenvalue weighted by Gasteiger charge is -2.30. The molecule has 0 aromatic heterocycles. The Hall–Kier alpha value is -0.610. The van der Waals surface area contributed by atoms with E-state index in [1.807, 2.05) is 4.90 Å². The molecule has 2 N–H and O–H groups in total. The summed E-state index contributed by atoms with van der Waals surface area (Å²) in [5, 5.41) is 13.5. The van der Waals surface area contributed by atoms with Gasteiger partial charge in [-0.25, -0.2) is 0 Å². The Labute approximate surface area is 110 Å². The standard InChI is InChI=1S/C14H26N2O2/c1-2-9-15-11-8-10-16(14(11)18)12-6-4-3-5-7-13(12)17/h11-13,15,17H,2-10H2,1H3. The van der Waals surface area contributed by atoms with E-state index < -0.39 is 0 Å². The van der Waals surface area contributed by atoms with E-state index in [1.54, 1.807) is 0 Å². The fourth-order valence-corrected chi connectivity index (χ4v) is 3.17. The molecule has 4 nitrogen and oxygen atoms in total. The van der Waals surface area contributed by atoms with E-state index in [4.69, 9.17) is 0 Å². The zero-order valence-corrected chi connectivity index (χ0v) is 11.4. The van der Waals surface area contributed by atoms with E-state index in [0.29, 0.717) is 0 Å². The number of amides is 1. The molecule has 0 radical (unpaired) electrons. The minimum atomic E-state index is -0.318. The molecule has 1 saturated heterocycles. The third-order valence-electron chi connectivity index (χ3n) is 4.22. The first-order valence-electron chi connectivity index (χ1n) is 7.46. The van der Waals surface area contributed by atoms with Crippen LogP contribution < -0.4 is 5.32 Å². The summed E-state index contributed by atoms with van der Waals surface area (Å²) in [7, 11) is 0. The molecule has 2 fully saturated rings. The van der Waals surface area contributed by atoms with Gasteiger partial charge in [0.15, 0.2) is 0 Å². The summed E-state index contributed by atoms with van der Waals surface area (Å²) in [5.41, 5.74) is 0. The molecule has 0 aromatic carbocycles. The zero-order valence-electron chi connectivity index (χ0n) is 11.4. The molecule has 2 aliphatic rings. The Balaban J connectivity index is 1.94. The Bertz CT molecular complexity index is 283. The number of hydrogen-bond donors (Lipinski definition) is 2. The maximum Gasteiger partial charge on any atom is 0.240 e. The summed E-state index contributed by atoms with van der Waals surface area (Å²) in [6.45, 7) is 3.82. The SMILES string of the molecule is CCCNC1CCN(C2CCCCCC2O)C1=O. The second kappa shape index (κ2) is 6.53. The second-order valence-electron chi connectivity index (χ2n) is 5.60. The van der Waals surface area contributed by atoms with E-state index in [1.165, 1.54) is 6.42 Å². The number of aliphatic hydroxyl groups excluding tert-OH is 1. The molecule has 0 bridgehead atoms. The Morgan fingerprint density at radius 3 is 2.83 bits per heavy atom. The van der Waals surface area contributed by atoms with Gasteiger partial charge in [-0.3, -0.25) is 4.79 Å². The van der Waals surface area contributed by atoms with Crippen molar-refractivity contribution < 1.29 is 9.90 Å². The van der Waals surface area contributed by atoms with Crippen molar-refractivity contribution in [1.29, 1.82) is 0 Å². The van der Waals surface area contributed by atoms with Crippen LogP contribution in [0.5, 0.6) is 0 Å². The van der Waals surface area contributed by atoms with Crippen molar-refractivity contribution in [3.8, 4) is 0 Å². The summed E-state index contributed by atoms with van der Waals surface area (Å²) in [5.74, 6) is 0.203. The molecule has 2 rings (SSSR count). The lowest BCUT2D eigenvalue weighted by molar-refractivity contribution is -0.133. The largest absolute Gasteiger partial charge is 0.391 e. The first-order chi connectivity index (χ1) is 8.74. The summed E-state index contributed by atoms with van der Waals surface area (Å²) in [4.78, 5) is 14.3. The molecule has 4 heteroatoms. The number of likely N-dealkylation sites (tertiary alicyclic amines) is 1. The number of hydrogen-bond acceptors (Lipinski definition) is 3. The molecular weight excluding hydrogens is 228 g/mol. The van der Waals surface area contributed by atoms with Gasteiger partial charge in [-0.15, -0.1) is 0 Å². The van der Waals surface area contributed by atoms with Gasteiger partial charge in [0, 0.05) is 6.54 Å². The predicted molar refractivity (Wildman–Crippen MR) is 71.3 cm³/mol. The number of nitrogens with one attached hydrogen (secondary N) is 1. The van der Waals surface area contributed by atoms with Gasteiger partial charge in [0.1, 0.15) is 0 Å². The highest BCUT2D eigenvalue weighted by Crippen LogP contribution is 2.26. The number of aliphatic hydroxyl groups is 1. The van der Waals surface area contributed by atoms with Crippen LogP contribution in [-0.4, -0.2) is 47.2 Å². The Kier molecular flexibility index (Phi) is 5.01. The van der Waals surface area contributed by atoms with Crippen LogP contribution >= 0.6 is 0 Å². The molecule has 0 spiro atoms. The van der Waals surface area contributed by atoms with Gasteiger partial charge in [0.05, 0.1) is 18.2 Å². The minimum Gasteiger partial charge on any atom is -0.391 e. The smallest absolute Gasteiger partial charge is 0.240 e. The van der Waals surface area contributed by atoms with E-state index in [2.05, 4.69) is 12.2 Å². The summed E-state index contributed by atoms with van der Waals surface area (Å²) >= 11 is 0. The highest BCUT2D eigenvalue weighted by molar-refractivity contribution is 5.84. The highest BCUT2D eigenvalue weighted by atomic mass is 16.3. The molecule has 0 aromatic rings. The molecule has 1 aliphatic heterocycles. The van der Waals surface area contributed by atoms with Gasteiger partial charge >= 0.3 is 0 Å². The molecule has 1 heterocycles. The lowest BCUT2D eigenvalue weighted by atomic mass is 10.0. The number of nitrogens with zero attached hydrogens (tertiary/aromatic N) is 1. The van der Waals surface area contributed by atoms with Crippen LogP contribution in [0.2, 0.25) is 0 Å². The summed E-state index contributed by atoms with van der Waals surface area (Å²) in [6.07, 6.45) is 6.86. The van der Waals surface area contributed by atoms with Gasteiger partial charge in [-0.1, -0.05) is 26.2 Å². The van der Waals surface area contributed by atoms with E-state index in [9.17, 15) is 9.90 Å². The molecule has 1 amide bonds. The highest BCUT2D eigenvalue weighted by Gasteiger charge is 2.38. The number of carbonyl (C=O) groups excluding carboxylic acids is 1. The minimum absolute atomic E-state index is 0.0135. The molecule has 1 saturated carbocycles. The molecular formula is C14H26N2O2. The third kappa shape index (κ3) is 3.04. The van der Waals surface area contributed by atoms with Crippen molar-refractivity contribution in [1.82, 2.24) is 10.2 Å². The van der Waals surface area contributed by atoms with Crippen molar-refractivity contribution in [2.75, 3.05) is 13.1 Å². The molecule has 1 aliphatic carbocycles. The van der Waals surface area contributed by atoms with Crippen LogP contribution in [0.3, 0.4) is 0 Å². The average Bonchev–Trinajstić information content (AvgIpc) is 2.58. The number of carbonyl (C=O) groups is 1. The van der Waals surface area contributed by atoms with Crippen molar-refractivity contribution in [2.45, 2.75) is 70.1 Å². The fourth-order valence-electron chi connectivity index (χ4n) is 3.17. The van der Waals surface area contributed by atoms with Gasteiger partial charge in [0.25, 0.3) is 0 Å². The second-order valence-corrected chi connectivity index (χ2v) is 5.60. The van der Waals surface area contributed by atoms with Crippen LogP contribution in [0.25, 0.3) is 0 Å². The van der Waals surface area contributed by atoms with Crippen LogP contribution in [0.4, 0.5) is 0 Å². The molecule has 3 unspecified atom stereocenters. The van der Waals surface area contributed by atoms with Crippen molar-refractivity contribution >= 4 is 5.91 Å². The third-order valence-corrected chi connectivity index (χ3v) is 4.22. The summed E-state index contributed by atoms with van der Waals surface area (Å²) in [6, 6.07) is 0.0498. The summed E-state index contributed by atoms with van der Waals surface area (Å²) < 4.78 is 0. The lowest BCUT2D eigenvalue weighted by Crippen LogP contribution is -2.47. The topological polar surface area (TPSA) is 52.6 Å². The van der Waals surface area contributed by atoms with Crippen LogP contribution in [-0.2, 0) is 4.79 Å². The predicted octanol–water partition coefficient (Wildman–Crippen LogP) is 1.28. The molecule has 18 heavy (non-hydrogen) atoms. The van der Waals surface area contributed by atoms with Gasteiger partial charge in [-0.2, -0.15) is 0 Å². The quantitative estimate of drug-likeness (QED) is 0.743. The Morgan fingerprint density at radius 1 is 1.28 bits per heavy atom. The van der Waals surface area contributed by atoms with Crippen LogP contribution in [0.1, 0.15) is 51.9 Å².